The summed E-state index contributed by atoms with van der Waals surface area (Å²) in [5, 5.41) is 10.2. The van der Waals surface area contributed by atoms with E-state index in [2.05, 4.69) is 25.9 Å². The average Bonchev–Trinajstić information content (AvgIpc) is 3.08. The van der Waals surface area contributed by atoms with Gasteiger partial charge in [-0.3, -0.25) is 4.79 Å². The van der Waals surface area contributed by atoms with Crippen molar-refractivity contribution in [1.82, 2.24) is 20.9 Å². The number of aliphatic imine (C=N–C) groups is 1. The molecular weight excluding hydrogens is 477 g/mol. The van der Waals surface area contributed by atoms with Gasteiger partial charge in [-0.25, -0.2) is 9.98 Å². The molecule has 148 valence electrons. The first-order chi connectivity index (χ1) is 12.6. The number of hydrogen-bond acceptors (Lipinski definition) is 5. The molecule has 0 fully saturated rings. The zero-order chi connectivity index (χ0) is 18.8. The molecule has 9 heteroatoms. The molecule has 27 heavy (non-hydrogen) atoms. The van der Waals surface area contributed by atoms with Gasteiger partial charge < -0.3 is 20.7 Å². The SMILES string of the molecule is CCNC(=NCc1ncc(C)s1)NCCNC(=O)c1ccc(OC)cc1.I. The maximum atomic E-state index is 12.1. The normalized spacial score (nSPS) is 10.7. The Labute approximate surface area is 181 Å². The fraction of sp³-hybridized carbons (Fsp3) is 0.389. The third-order valence-electron chi connectivity index (χ3n) is 3.44. The van der Waals surface area contributed by atoms with Gasteiger partial charge in [0.1, 0.15) is 10.8 Å². The quantitative estimate of drug-likeness (QED) is 0.223. The lowest BCUT2D eigenvalue weighted by atomic mass is 10.2. The number of benzene rings is 1. The Hall–Kier alpha value is -1.88. The van der Waals surface area contributed by atoms with Crippen LogP contribution < -0.4 is 20.7 Å². The predicted molar refractivity (Wildman–Crippen MR) is 120 cm³/mol. The lowest BCUT2D eigenvalue weighted by Gasteiger charge is -2.11. The van der Waals surface area contributed by atoms with Gasteiger partial charge in [-0.2, -0.15) is 0 Å². The van der Waals surface area contributed by atoms with Gasteiger partial charge in [0, 0.05) is 36.3 Å². The second-order valence-corrected chi connectivity index (χ2v) is 6.79. The van der Waals surface area contributed by atoms with Crippen LogP contribution in [0.5, 0.6) is 5.75 Å². The van der Waals surface area contributed by atoms with Crippen molar-refractivity contribution < 1.29 is 9.53 Å². The molecule has 2 aromatic rings. The molecule has 0 aliphatic heterocycles. The lowest BCUT2D eigenvalue weighted by molar-refractivity contribution is 0.0954. The number of hydrogen-bond donors (Lipinski definition) is 3. The van der Waals surface area contributed by atoms with Gasteiger partial charge in [0.2, 0.25) is 0 Å². The summed E-state index contributed by atoms with van der Waals surface area (Å²) in [6.07, 6.45) is 1.85. The first-order valence-electron chi connectivity index (χ1n) is 8.48. The Morgan fingerprint density at radius 1 is 1.19 bits per heavy atom. The van der Waals surface area contributed by atoms with Crippen molar-refractivity contribution in [3.05, 3.63) is 45.9 Å². The molecule has 0 saturated heterocycles. The maximum absolute atomic E-state index is 12.1. The number of nitrogens with one attached hydrogen (secondary N) is 3. The summed E-state index contributed by atoms with van der Waals surface area (Å²) in [4.78, 5) is 22.1. The van der Waals surface area contributed by atoms with E-state index in [0.29, 0.717) is 31.2 Å². The largest absolute Gasteiger partial charge is 0.497 e. The number of ether oxygens (including phenoxy) is 1. The van der Waals surface area contributed by atoms with E-state index in [0.717, 1.165) is 17.3 Å². The molecule has 7 nitrogen and oxygen atoms in total. The zero-order valence-electron chi connectivity index (χ0n) is 15.7. The minimum atomic E-state index is -0.116. The molecule has 3 N–H and O–H groups in total. The molecule has 2 rings (SSSR count). The van der Waals surface area contributed by atoms with Crippen LogP contribution in [0.1, 0.15) is 27.2 Å². The van der Waals surface area contributed by atoms with Crippen molar-refractivity contribution in [2.45, 2.75) is 20.4 Å². The summed E-state index contributed by atoms with van der Waals surface area (Å²) in [5.41, 5.74) is 0.602. The summed E-state index contributed by atoms with van der Waals surface area (Å²) in [7, 11) is 1.60. The van der Waals surface area contributed by atoms with Crippen LogP contribution in [-0.2, 0) is 6.54 Å². The van der Waals surface area contributed by atoms with Crippen LogP contribution >= 0.6 is 35.3 Å². The molecule has 1 amide bonds. The number of guanidine groups is 1. The maximum Gasteiger partial charge on any atom is 0.251 e. The Bertz CT molecular complexity index is 734. The molecule has 0 aliphatic carbocycles. The number of carbonyl (C=O) groups is 1. The highest BCUT2D eigenvalue weighted by atomic mass is 127. The van der Waals surface area contributed by atoms with Gasteiger partial charge >= 0.3 is 0 Å². The topological polar surface area (TPSA) is 87.6 Å². The fourth-order valence-electron chi connectivity index (χ4n) is 2.16. The van der Waals surface area contributed by atoms with Crippen molar-refractivity contribution in [1.29, 1.82) is 0 Å². The number of carbonyl (C=O) groups excluding carboxylic acids is 1. The van der Waals surface area contributed by atoms with Crippen LogP contribution in [0.3, 0.4) is 0 Å². The number of aryl methyl sites for hydroxylation is 1. The van der Waals surface area contributed by atoms with Crippen LogP contribution in [0, 0.1) is 6.92 Å². The van der Waals surface area contributed by atoms with Crippen LogP contribution in [0.25, 0.3) is 0 Å². The molecule has 0 bridgehead atoms. The van der Waals surface area contributed by atoms with Crippen LogP contribution in [0.4, 0.5) is 0 Å². The van der Waals surface area contributed by atoms with Crippen molar-refractivity contribution in [3.63, 3.8) is 0 Å². The first kappa shape index (κ1) is 23.2. The highest BCUT2D eigenvalue weighted by Crippen LogP contribution is 2.12. The van der Waals surface area contributed by atoms with Crippen LogP contribution in [-0.4, -0.2) is 43.6 Å². The van der Waals surface area contributed by atoms with E-state index in [1.54, 1.807) is 42.7 Å². The van der Waals surface area contributed by atoms with Gasteiger partial charge in [-0.1, -0.05) is 0 Å². The highest BCUT2D eigenvalue weighted by molar-refractivity contribution is 14.0. The van der Waals surface area contributed by atoms with Crippen molar-refractivity contribution in [2.24, 2.45) is 4.99 Å². The minimum absolute atomic E-state index is 0. The smallest absolute Gasteiger partial charge is 0.251 e. The molecule has 0 spiro atoms. The Morgan fingerprint density at radius 2 is 1.89 bits per heavy atom. The van der Waals surface area contributed by atoms with E-state index in [1.165, 1.54) is 4.88 Å². The van der Waals surface area contributed by atoms with E-state index in [1.807, 2.05) is 20.0 Å². The van der Waals surface area contributed by atoms with E-state index in [-0.39, 0.29) is 29.9 Å². The first-order valence-corrected chi connectivity index (χ1v) is 9.29. The monoisotopic (exact) mass is 503 g/mol. The molecule has 1 heterocycles. The Kier molecular flexibility index (Phi) is 10.7. The van der Waals surface area contributed by atoms with Gasteiger partial charge in [0.15, 0.2) is 5.96 Å². The molecule has 0 atom stereocenters. The molecule has 0 aliphatic rings. The number of aromatic nitrogens is 1. The van der Waals surface area contributed by atoms with Crippen molar-refractivity contribution in [3.8, 4) is 5.75 Å². The molecule has 1 aromatic carbocycles. The summed E-state index contributed by atoms with van der Waals surface area (Å²) in [6.45, 7) is 6.40. The molecular formula is C18H26IN5O2S. The average molecular weight is 503 g/mol. The third kappa shape index (κ3) is 8.12. The summed E-state index contributed by atoms with van der Waals surface area (Å²) in [5.74, 6) is 1.32. The predicted octanol–water partition coefficient (Wildman–Crippen LogP) is 2.56. The lowest BCUT2D eigenvalue weighted by Crippen LogP contribution is -2.41. The van der Waals surface area contributed by atoms with Gasteiger partial charge in [0.05, 0.1) is 13.7 Å². The van der Waals surface area contributed by atoms with E-state index in [9.17, 15) is 4.79 Å². The van der Waals surface area contributed by atoms with E-state index >= 15 is 0 Å². The van der Waals surface area contributed by atoms with Crippen molar-refractivity contribution >= 4 is 47.2 Å². The Morgan fingerprint density at radius 3 is 2.48 bits per heavy atom. The number of methoxy groups -OCH3 is 1. The molecule has 0 saturated carbocycles. The fourth-order valence-corrected chi connectivity index (χ4v) is 2.88. The minimum Gasteiger partial charge on any atom is -0.497 e. The second kappa shape index (κ2) is 12.5. The van der Waals surface area contributed by atoms with Crippen LogP contribution in [0.2, 0.25) is 0 Å². The number of thiazole rings is 1. The molecule has 0 radical (unpaired) electrons. The second-order valence-electron chi connectivity index (χ2n) is 5.47. The molecule has 0 unspecified atom stereocenters. The summed E-state index contributed by atoms with van der Waals surface area (Å²) < 4.78 is 5.09. The van der Waals surface area contributed by atoms with E-state index < -0.39 is 0 Å². The van der Waals surface area contributed by atoms with Gasteiger partial charge in [-0.15, -0.1) is 35.3 Å². The highest BCUT2D eigenvalue weighted by Gasteiger charge is 2.05. The van der Waals surface area contributed by atoms with Gasteiger partial charge in [0.25, 0.3) is 5.91 Å². The number of halogens is 1. The molecule has 1 aromatic heterocycles. The van der Waals surface area contributed by atoms with E-state index in [4.69, 9.17) is 4.74 Å². The number of rotatable bonds is 8. The number of nitrogens with zero attached hydrogens (tertiary/aromatic N) is 2. The zero-order valence-corrected chi connectivity index (χ0v) is 18.9. The summed E-state index contributed by atoms with van der Waals surface area (Å²) in [6, 6.07) is 7.01. The van der Waals surface area contributed by atoms with Gasteiger partial charge in [-0.05, 0) is 38.1 Å². The summed E-state index contributed by atoms with van der Waals surface area (Å²) >= 11 is 1.64. The van der Waals surface area contributed by atoms with Crippen molar-refractivity contribution in [2.75, 3.05) is 26.7 Å². The third-order valence-corrected chi connectivity index (χ3v) is 4.34. The standard InChI is InChI=1S/C18H25N5O2S.HI/c1-4-19-18(23-12-16-22-11-13(2)26-16)21-10-9-20-17(24)14-5-7-15(25-3)8-6-14;/h5-8,11H,4,9-10,12H2,1-3H3,(H,20,24)(H2,19,21,23);1H. The number of amides is 1. The van der Waals surface area contributed by atoms with Crippen LogP contribution in [0.15, 0.2) is 35.5 Å². The Balaban J connectivity index is 0.00000364.